The van der Waals surface area contributed by atoms with Gasteiger partial charge in [0.2, 0.25) is 0 Å². The summed E-state index contributed by atoms with van der Waals surface area (Å²) in [7, 11) is 0. The molecule has 0 aliphatic heterocycles. The molecule has 1 aliphatic carbocycles. The van der Waals surface area contributed by atoms with Gasteiger partial charge < -0.3 is 0 Å². The number of azo groups is 2. The van der Waals surface area contributed by atoms with Crippen LogP contribution in [-0.2, 0) is 6.18 Å². The summed E-state index contributed by atoms with van der Waals surface area (Å²) >= 11 is 0. The van der Waals surface area contributed by atoms with E-state index in [4.69, 9.17) is 0 Å². The summed E-state index contributed by atoms with van der Waals surface area (Å²) in [6, 6.07) is 11.3. The number of nitrogens with one attached hydrogen (secondary N) is 1. The average Bonchev–Trinajstić information content (AvgIpc) is 3.20. The Labute approximate surface area is 219 Å². The number of rotatable bonds is 9. The molecule has 0 amide bonds. The summed E-state index contributed by atoms with van der Waals surface area (Å²) in [5.74, 6) is 0.765. The highest BCUT2D eigenvalue weighted by molar-refractivity contribution is 5.48. The third-order valence-corrected chi connectivity index (χ3v) is 7.05. The first-order chi connectivity index (χ1) is 18.2. The van der Waals surface area contributed by atoms with Crippen molar-refractivity contribution in [3.8, 4) is 0 Å². The van der Waals surface area contributed by atoms with Crippen molar-refractivity contribution in [2.75, 3.05) is 0 Å². The minimum absolute atomic E-state index is 0.150. The molecular formula is C28H33F3N6O. The maximum Gasteiger partial charge on any atom is 0.416 e. The van der Waals surface area contributed by atoms with Gasteiger partial charge >= 0.3 is 6.18 Å². The van der Waals surface area contributed by atoms with E-state index >= 15 is 0 Å². The smallest absolute Gasteiger partial charge is 0.297 e. The molecule has 7 nitrogen and oxygen atoms in total. The molecular weight excluding hydrogens is 493 g/mol. The molecule has 10 heteroatoms. The van der Waals surface area contributed by atoms with Crippen LogP contribution in [0.25, 0.3) is 0 Å². The number of nitrogens with zero attached hydrogens (tertiary/aromatic N) is 5. The van der Waals surface area contributed by atoms with Gasteiger partial charge in [-0.15, -0.1) is 5.11 Å². The van der Waals surface area contributed by atoms with Crippen molar-refractivity contribution in [1.82, 2.24) is 9.78 Å². The molecule has 2 aromatic carbocycles. The number of aromatic nitrogens is 2. The maximum absolute atomic E-state index is 13.0. The lowest BCUT2D eigenvalue weighted by Crippen LogP contribution is -2.26. The number of aromatic amines is 1. The van der Waals surface area contributed by atoms with Gasteiger partial charge in [0.1, 0.15) is 0 Å². The predicted molar refractivity (Wildman–Crippen MR) is 141 cm³/mol. The Morgan fingerprint density at radius 3 is 1.89 bits per heavy atom. The standard InChI is InChI=1S/C28H33F3N6O/c1-3-4-5-6-20-7-17-25(18-8-20)37-27(38)26(19(2)36-37)35-34-24-15-13-23(14-16-24)33-32-22-11-9-21(10-12-22)28(29,30)31/h9-16,20,25,36H,3-8,17-18H2,1-2H3. The van der Waals surface area contributed by atoms with Crippen LogP contribution < -0.4 is 5.56 Å². The van der Waals surface area contributed by atoms with E-state index in [9.17, 15) is 18.0 Å². The molecule has 4 rings (SSSR count). The average molecular weight is 527 g/mol. The van der Waals surface area contributed by atoms with E-state index in [1.807, 2.05) is 6.92 Å². The molecule has 3 aromatic rings. The first-order valence-corrected chi connectivity index (χ1v) is 13.2. The van der Waals surface area contributed by atoms with E-state index in [1.165, 1.54) is 37.8 Å². The molecule has 0 spiro atoms. The molecule has 1 saturated carbocycles. The Hall–Kier alpha value is -3.56. The zero-order valence-corrected chi connectivity index (χ0v) is 21.7. The van der Waals surface area contributed by atoms with Gasteiger partial charge in [0.25, 0.3) is 5.56 Å². The van der Waals surface area contributed by atoms with Gasteiger partial charge in [-0.1, -0.05) is 32.6 Å². The van der Waals surface area contributed by atoms with Crippen LogP contribution in [0.1, 0.15) is 75.6 Å². The third-order valence-electron chi connectivity index (χ3n) is 7.05. The number of unbranched alkanes of at least 4 members (excludes halogenated alkanes) is 2. The molecule has 1 fully saturated rings. The summed E-state index contributed by atoms with van der Waals surface area (Å²) < 4.78 is 39.7. The van der Waals surface area contributed by atoms with Crippen molar-refractivity contribution in [2.45, 2.75) is 77.4 Å². The lowest BCUT2D eigenvalue weighted by atomic mass is 9.83. The van der Waals surface area contributed by atoms with E-state index in [0.717, 1.165) is 43.7 Å². The summed E-state index contributed by atoms with van der Waals surface area (Å²) in [5.41, 5.74) is 1.47. The highest BCUT2D eigenvalue weighted by Gasteiger charge is 2.30. The van der Waals surface area contributed by atoms with E-state index in [2.05, 4.69) is 32.5 Å². The van der Waals surface area contributed by atoms with Crippen LogP contribution in [0.2, 0.25) is 0 Å². The minimum Gasteiger partial charge on any atom is -0.297 e. The zero-order valence-electron chi connectivity index (χ0n) is 21.7. The van der Waals surface area contributed by atoms with E-state index in [1.54, 1.807) is 28.9 Å². The maximum atomic E-state index is 13.0. The number of aryl methyl sites for hydroxylation is 1. The van der Waals surface area contributed by atoms with Gasteiger partial charge in [0, 0.05) is 0 Å². The SMILES string of the molecule is CCCCCC1CCC(n2[nH]c(C)c(N=Nc3ccc(N=Nc4ccc(C(F)(F)F)cc4)cc3)c2=O)CC1. The zero-order chi connectivity index (χ0) is 27.1. The van der Waals surface area contributed by atoms with Gasteiger partial charge in [-0.05, 0) is 87.1 Å². The van der Waals surface area contributed by atoms with E-state index < -0.39 is 11.7 Å². The Kier molecular flexibility index (Phi) is 8.91. The van der Waals surface area contributed by atoms with Crippen LogP contribution in [0, 0.1) is 12.8 Å². The van der Waals surface area contributed by atoms with Gasteiger partial charge in [-0.25, -0.2) is 4.68 Å². The van der Waals surface area contributed by atoms with Crippen LogP contribution in [0.4, 0.5) is 35.9 Å². The molecule has 38 heavy (non-hydrogen) atoms. The van der Waals surface area contributed by atoms with Gasteiger partial charge in [0.05, 0.1) is 34.4 Å². The van der Waals surface area contributed by atoms with Crippen LogP contribution in [0.3, 0.4) is 0 Å². The Morgan fingerprint density at radius 1 is 0.842 bits per heavy atom. The van der Waals surface area contributed by atoms with Crippen LogP contribution >= 0.6 is 0 Å². The summed E-state index contributed by atoms with van der Waals surface area (Å²) in [6.45, 7) is 4.05. The van der Waals surface area contributed by atoms with Gasteiger partial charge in [-0.2, -0.15) is 28.5 Å². The number of hydrogen-bond donors (Lipinski definition) is 1. The molecule has 1 aromatic heterocycles. The first-order valence-electron chi connectivity index (χ1n) is 13.2. The molecule has 0 radical (unpaired) electrons. The lowest BCUT2D eigenvalue weighted by molar-refractivity contribution is -0.137. The first kappa shape index (κ1) is 27.5. The molecule has 1 aliphatic rings. The fourth-order valence-electron chi connectivity index (χ4n) is 4.83. The summed E-state index contributed by atoms with van der Waals surface area (Å²) in [4.78, 5) is 13.0. The van der Waals surface area contributed by atoms with Crippen molar-refractivity contribution >= 4 is 22.7 Å². The molecule has 0 saturated heterocycles. The molecule has 0 unspecified atom stereocenters. The van der Waals surface area contributed by atoms with Crippen LogP contribution in [-0.4, -0.2) is 9.78 Å². The largest absolute Gasteiger partial charge is 0.416 e. The van der Waals surface area contributed by atoms with Crippen LogP contribution in [0.5, 0.6) is 0 Å². The second kappa shape index (κ2) is 12.3. The molecule has 1 heterocycles. The Balaban J connectivity index is 1.36. The number of alkyl halides is 3. The fraction of sp³-hybridized carbons (Fsp3) is 0.464. The highest BCUT2D eigenvalue weighted by atomic mass is 19.4. The second-order valence-electron chi connectivity index (χ2n) is 9.89. The Bertz CT molecular complexity index is 1300. The van der Waals surface area contributed by atoms with Crippen molar-refractivity contribution in [2.24, 2.45) is 26.4 Å². The van der Waals surface area contributed by atoms with Gasteiger partial charge in [0.15, 0.2) is 5.69 Å². The highest BCUT2D eigenvalue weighted by Crippen LogP contribution is 2.35. The van der Waals surface area contributed by atoms with Crippen LogP contribution in [0.15, 0.2) is 73.8 Å². The monoisotopic (exact) mass is 526 g/mol. The summed E-state index contributed by atoms with van der Waals surface area (Å²) in [6.07, 6.45) is 5.01. The number of H-pyrrole nitrogens is 1. The van der Waals surface area contributed by atoms with Gasteiger partial charge in [-0.3, -0.25) is 9.89 Å². The van der Waals surface area contributed by atoms with Crippen molar-refractivity contribution in [3.05, 3.63) is 70.1 Å². The minimum atomic E-state index is -4.39. The topological polar surface area (TPSA) is 87.2 Å². The van der Waals surface area contributed by atoms with Crippen molar-refractivity contribution < 1.29 is 13.2 Å². The normalized spacial score (nSPS) is 18.6. The Morgan fingerprint density at radius 2 is 1.37 bits per heavy atom. The quantitative estimate of drug-likeness (QED) is 0.218. The summed E-state index contributed by atoms with van der Waals surface area (Å²) in [5, 5.41) is 19.7. The molecule has 0 atom stereocenters. The molecule has 1 N–H and O–H groups in total. The van der Waals surface area contributed by atoms with E-state index in [0.29, 0.717) is 28.4 Å². The van der Waals surface area contributed by atoms with E-state index in [-0.39, 0.29) is 11.6 Å². The second-order valence-corrected chi connectivity index (χ2v) is 9.89. The van der Waals surface area contributed by atoms with Crippen molar-refractivity contribution in [3.63, 3.8) is 0 Å². The molecule has 202 valence electrons. The lowest BCUT2D eigenvalue weighted by Gasteiger charge is -2.28. The predicted octanol–water partition coefficient (Wildman–Crippen LogP) is 9.65. The van der Waals surface area contributed by atoms with Crippen molar-refractivity contribution in [1.29, 1.82) is 0 Å². The fourth-order valence-corrected chi connectivity index (χ4v) is 4.83. The number of benzene rings is 2. The number of halogens is 3. The third kappa shape index (κ3) is 7.05. The number of hydrogen-bond acceptors (Lipinski definition) is 5. The molecule has 0 bridgehead atoms.